The summed E-state index contributed by atoms with van der Waals surface area (Å²) >= 11 is 1.16. The molecular formula is C25H32F3N3O5S2. The first-order valence-electron chi connectivity index (χ1n) is 12.6. The molecule has 4 atom stereocenters. The van der Waals surface area contributed by atoms with Crippen LogP contribution in [0.3, 0.4) is 0 Å². The van der Waals surface area contributed by atoms with Crippen molar-refractivity contribution in [3.8, 4) is 0 Å². The van der Waals surface area contributed by atoms with Crippen molar-refractivity contribution in [2.45, 2.75) is 60.0 Å². The molecule has 3 aliphatic heterocycles. The normalized spacial score (nSPS) is 29.3. The number of aliphatic hydroxyl groups excluding tert-OH is 1. The third-order valence-electron chi connectivity index (χ3n) is 7.92. The average Bonchev–Trinajstić information content (AvgIpc) is 3.40. The lowest BCUT2D eigenvalue weighted by atomic mass is 9.91. The maximum atomic E-state index is 13.4. The summed E-state index contributed by atoms with van der Waals surface area (Å²) in [7, 11) is -3.68. The third-order valence-corrected chi connectivity index (χ3v) is 11.2. The lowest BCUT2D eigenvalue weighted by molar-refractivity contribution is -0.258. The van der Waals surface area contributed by atoms with Crippen LogP contribution in [0.2, 0.25) is 0 Å². The second-order valence-electron chi connectivity index (χ2n) is 10.4. The molecular weight excluding hydrogens is 543 g/mol. The Balaban J connectivity index is 1.43. The van der Waals surface area contributed by atoms with Crippen LogP contribution in [0.25, 0.3) is 0 Å². The highest BCUT2D eigenvalue weighted by Gasteiger charge is 2.51. The molecule has 3 saturated heterocycles. The second kappa shape index (κ2) is 10.3. The van der Waals surface area contributed by atoms with Gasteiger partial charge in [-0.25, -0.2) is 8.42 Å². The number of hydrogen-bond acceptors (Lipinski definition) is 8. The van der Waals surface area contributed by atoms with Gasteiger partial charge in [0.15, 0.2) is 5.60 Å². The fourth-order valence-corrected chi connectivity index (χ4v) is 8.34. The fraction of sp³-hybridized carbons (Fsp3) is 0.600. The number of halogens is 3. The minimum atomic E-state index is -4.82. The van der Waals surface area contributed by atoms with Crippen LogP contribution in [-0.2, 0) is 20.4 Å². The largest absolute Gasteiger partial charge is 0.421 e. The molecule has 3 fully saturated rings. The van der Waals surface area contributed by atoms with E-state index in [9.17, 15) is 31.8 Å². The first-order chi connectivity index (χ1) is 17.9. The van der Waals surface area contributed by atoms with E-state index in [0.29, 0.717) is 44.8 Å². The van der Waals surface area contributed by atoms with Crippen LogP contribution in [0.4, 0.5) is 18.9 Å². The molecule has 4 heterocycles. The lowest BCUT2D eigenvalue weighted by Crippen LogP contribution is -2.64. The number of fused-ring (bicyclic) bond motifs is 2. The van der Waals surface area contributed by atoms with E-state index >= 15 is 0 Å². The zero-order valence-electron chi connectivity index (χ0n) is 20.9. The number of nitrogens with zero attached hydrogens (tertiary/aromatic N) is 3. The molecule has 13 heteroatoms. The summed E-state index contributed by atoms with van der Waals surface area (Å²) in [4.78, 5) is 4.33. The fourth-order valence-electron chi connectivity index (χ4n) is 5.72. The molecule has 210 valence electrons. The summed E-state index contributed by atoms with van der Waals surface area (Å²) in [6, 6.07) is 8.66. The summed E-state index contributed by atoms with van der Waals surface area (Å²) in [6.45, 7) is 3.01. The van der Waals surface area contributed by atoms with E-state index in [4.69, 9.17) is 4.74 Å². The molecule has 0 saturated carbocycles. The van der Waals surface area contributed by atoms with Gasteiger partial charge in [-0.1, -0.05) is 18.2 Å². The van der Waals surface area contributed by atoms with Crippen molar-refractivity contribution in [3.05, 3.63) is 47.3 Å². The molecule has 1 aromatic heterocycles. The third kappa shape index (κ3) is 5.21. The predicted molar refractivity (Wildman–Crippen MR) is 137 cm³/mol. The SMILES string of the molecule is CC(O)(c1ccc(N2CCN(S(=O)(=O)c3cccs3)C[C@@H]2CN2C3COCC2CC(O)C3)cc1)C(F)(F)F. The monoisotopic (exact) mass is 575 g/mol. The molecule has 38 heavy (non-hydrogen) atoms. The molecule has 8 nitrogen and oxygen atoms in total. The van der Waals surface area contributed by atoms with Gasteiger partial charge in [-0.05, 0) is 48.9 Å². The first kappa shape index (κ1) is 27.8. The molecule has 3 unspecified atom stereocenters. The number of anilines is 1. The Hall–Kier alpha value is -1.74. The number of alkyl halides is 3. The number of thiophene rings is 1. The maximum Gasteiger partial charge on any atom is 0.421 e. The molecule has 2 bridgehead atoms. The van der Waals surface area contributed by atoms with E-state index < -0.39 is 27.9 Å². The Bertz CT molecular complexity index is 1190. The molecule has 0 aliphatic carbocycles. The van der Waals surface area contributed by atoms with Crippen LogP contribution in [0.15, 0.2) is 46.0 Å². The molecule has 5 rings (SSSR count). The Morgan fingerprint density at radius 2 is 1.74 bits per heavy atom. The molecule has 1 aromatic carbocycles. The Morgan fingerprint density at radius 3 is 2.32 bits per heavy atom. The molecule has 3 aliphatic rings. The molecule has 2 aromatic rings. The lowest BCUT2D eigenvalue weighted by Gasteiger charge is -2.51. The van der Waals surface area contributed by atoms with Gasteiger partial charge in [-0.15, -0.1) is 11.3 Å². The van der Waals surface area contributed by atoms with Gasteiger partial charge in [0.25, 0.3) is 10.0 Å². The molecule has 0 radical (unpaired) electrons. The van der Waals surface area contributed by atoms with Crippen molar-refractivity contribution in [1.29, 1.82) is 0 Å². The van der Waals surface area contributed by atoms with Gasteiger partial charge in [0, 0.05) is 44.0 Å². The summed E-state index contributed by atoms with van der Waals surface area (Å²) in [5, 5.41) is 22.1. The van der Waals surface area contributed by atoms with E-state index in [1.165, 1.54) is 16.4 Å². The number of rotatable bonds is 6. The van der Waals surface area contributed by atoms with E-state index in [2.05, 4.69) is 4.90 Å². The van der Waals surface area contributed by atoms with Crippen molar-refractivity contribution in [1.82, 2.24) is 9.21 Å². The number of morpholine rings is 1. The van der Waals surface area contributed by atoms with Gasteiger partial charge in [0.1, 0.15) is 4.21 Å². The van der Waals surface area contributed by atoms with Crippen molar-refractivity contribution in [2.24, 2.45) is 0 Å². The number of benzene rings is 1. The number of sulfonamides is 1. The van der Waals surface area contributed by atoms with Crippen molar-refractivity contribution in [2.75, 3.05) is 44.3 Å². The number of aliphatic hydroxyl groups is 2. The van der Waals surface area contributed by atoms with Gasteiger partial charge in [-0.2, -0.15) is 17.5 Å². The van der Waals surface area contributed by atoms with Gasteiger partial charge in [-0.3, -0.25) is 4.90 Å². The Labute approximate surface area is 224 Å². The summed E-state index contributed by atoms with van der Waals surface area (Å²) < 4.78 is 74.2. The van der Waals surface area contributed by atoms with Crippen molar-refractivity contribution in [3.63, 3.8) is 0 Å². The summed E-state index contributed by atoms with van der Waals surface area (Å²) in [5.41, 5.74) is -2.59. The minimum absolute atomic E-state index is 0.00730. The van der Waals surface area contributed by atoms with Gasteiger partial charge < -0.3 is 19.8 Å². The van der Waals surface area contributed by atoms with Crippen LogP contribution in [-0.4, -0.2) is 97.6 Å². The van der Waals surface area contributed by atoms with E-state index in [1.54, 1.807) is 29.6 Å². The average molecular weight is 576 g/mol. The minimum Gasteiger partial charge on any atom is -0.393 e. The predicted octanol–water partition coefficient (Wildman–Crippen LogP) is 2.62. The number of piperazine rings is 1. The quantitative estimate of drug-likeness (QED) is 0.547. The number of ether oxygens (including phenoxy) is 1. The highest BCUT2D eigenvalue weighted by Crippen LogP contribution is 2.39. The highest BCUT2D eigenvalue weighted by molar-refractivity contribution is 7.91. The smallest absolute Gasteiger partial charge is 0.393 e. The van der Waals surface area contributed by atoms with Crippen molar-refractivity contribution >= 4 is 27.0 Å². The van der Waals surface area contributed by atoms with E-state index in [0.717, 1.165) is 18.3 Å². The van der Waals surface area contributed by atoms with Gasteiger partial charge >= 0.3 is 6.18 Å². The van der Waals surface area contributed by atoms with Crippen LogP contribution in [0, 0.1) is 0 Å². The maximum absolute atomic E-state index is 13.4. The molecule has 0 amide bonds. The van der Waals surface area contributed by atoms with Gasteiger partial charge in [0.2, 0.25) is 0 Å². The first-order valence-corrected chi connectivity index (χ1v) is 14.9. The Kier molecular flexibility index (Phi) is 7.57. The summed E-state index contributed by atoms with van der Waals surface area (Å²) in [6.07, 6.45) is -4.09. The zero-order valence-corrected chi connectivity index (χ0v) is 22.6. The second-order valence-corrected chi connectivity index (χ2v) is 13.5. The van der Waals surface area contributed by atoms with Crippen LogP contribution in [0.1, 0.15) is 25.3 Å². The van der Waals surface area contributed by atoms with Crippen LogP contribution < -0.4 is 4.90 Å². The zero-order chi connectivity index (χ0) is 27.3. The number of hydrogen-bond donors (Lipinski definition) is 2. The topological polar surface area (TPSA) is 93.6 Å². The van der Waals surface area contributed by atoms with Crippen LogP contribution in [0.5, 0.6) is 0 Å². The van der Waals surface area contributed by atoms with Crippen LogP contribution >= 0.6 is 11.3 Å². The molecule has 2 N–H and O–H groups in total. The highest BCUT2D eigenvalue weighted by atomic mass is 32.2. The van der Waals surface area contributed by atoms with E-state index in [-0.39, 0.29) is 41.0 Å². The van der Waals surface area contributed by atoms with Crippen molar-refractivity contribution < 1.29 is 36.5 Å². The standard InChI is InChI=1S/C25H32F3N3O5S2/c1-24(33,25(26,27)28)17-4-6-18(7-5-17)30-9-8-29(38(34,35)23-3-2-10-37-23)13-21(30)14-31-19-11-22(32)12-20(31)16-36-15-19/h2-7,10,19-22,32-33H,8-9,11-16H2,1H3/t19?,20?,21-,22?,24?/m1/s1. The van der Waals surface area contributed by atoms with Gasteiger partial charge in [0.05, 0.1) is 25.4 Å². The summed E-state index contributed by atoms with van der Waals surface area (Å²) in [5.74, 6) is 0. The number of piperidine rings is 1. The molecule has 0 spiro atoms. The Morgan fingerprint density at radius 1 is 1.08 bits per heavy atom. The van der Waals surface area contributed by atoms with E-state index in [1.807, 2.05) is 4.90 Å².